The van der Waals surface area contributed by atoms with Crippen molar-refractivity contribution in [3.63, 3.8) is 0 Å². The maximum Gasteiger partial charge on any atom is 0.256 e. The highest BCUT2D eigenvalue weighted by Crippen LogP contribution is 2.32. The third-order valence-corrected chi connectivity index (χ3v) is 5.30. The van der Waals surface area contributed by atoms with Gasteiger partial charge in [0, 0.05) is 12.2 Å². The Balaban J connectivity index is 1.56. The Morgan fingerprint density at radius 3 is 2.68 bits per heavy atom. The molecule has 2 fully saturated rings. The lowest BCUT2D eigenvalue weighted by Gasteiger charge is -2.47. The summed E-state index contributed by atoms with van der Waals surface area (Å²) >= 11 is 0. The number of nitrogens with zero attached hydrogens (tertiary/aromatic N) is 2. The number of benzene rings is 2. The summed E-state index contributed by atoms with van der Waals surface area (Å²) in [5.41, 5.74) is -0.266. The van der Waals surface area contributed by atoms with Gasteiger partial charge in [0.1, 0.15) is 23.8 Å². The molecule has 7 heteroatoms. The largest absolute Gasteiger partial charge is 0.361 e. The molecular formula is C21H20F2N2O3. The molecule has 0 aromatic heterocycles. The molecule has 1 atom stereocenters. The van der Waals surface area contributed by atoms with Crippen molar-refractivity contribution in [2.24, 2.45) is 0 Å². The van der Waals surface area contributed by atoms with Gasteiger partial charge < -0.3 is 14.5 Å². The summed E-state index contributed by atoms with van der Waals surface area (Å²) in [6.45, 7) is 0.819. The van der Waals surface area contributed by atoms with E-state index >= 15 is 0 Å². The van der Waals surface area contributed by atoms with Crippen molar-refractivity contribution >= 4 is 17.5 Å². The second-order valence-electron chi connectivity index (χ2n) is 7.24. The molecule has 2 saturated heterocycles. The third kappa shape index (κ3) is 3.49. The lowest BCUT2D eigenvalue weighted by molar-refractivity contribution is -0.144. The standard InChI is InChI=1S/C21H20F2N2O3/c22-15-5-3-6-16(11-15)25-14-21(28-12-19(25)26)9-4-10-24(13-21)20(27)17-7-1-2-8-18(17)23/h1-3,5-8,11H,4,9-10,12-14H2. The van der Waals surface area contributed by atoms with Gasteiger partial charge in [0.05, 0.1) is 18.7 Å². The molecule has 0 bridgehead atoms. The van der Waals surface area contributed by atoms with Crippen LogP contribution in [0.1, 0.15) is 23.2 Å². The number of ether oxygens (including phenoxy) is 1. The number of halogens is 2. The predicted molar refractivity (Wildman–Crippen MR) is 99.0 cm³/mol. The quantitative estimate of drug-likeness (QED) is 0.797. The van der Waals surface area contributed by atoms with E-state index in [0.29, 0.717) is 25.1 Å². The van der Waals surface area contributed by atoms with Crippen molar-refractivity contribution in [1.82, 2.24) is 4.90 Å². The van der Waals surface area contributed by atoms with Crippen molar-refractivity contribution < 1.29 is 23.1 Å². The van der Waals surface area contributed by atoms with Gasteiger partial charge in [0.15, 0.2) is 0 Å². The monoisotopic (exact) mass is 386 g/mol. The minimum atomic E-state index is -0.751. The number of rotatable bonds is 2. The zero-order valence-electron chi connectivity index (χ0n) is 15.2. The van der Waals surface area contributed by atoms with Crippen LogP contribution in [-0.2, 0) is 9.53 Å². The van der Waals surface area contributed by atoms with E-state index in [1.54, 1.807) is 23.1 Å². The molecular weight excluding hydrogens is 366 g/mol. The molecule has 1 unspecified atom stereocenters. The fourth-order valence-electron chi connectivity index (χ4n) is 3.92. The molecule has 2 heterocycles. The lowest BCUT2D eigenvalue weighted by atomic mass is 9.90. The van der Waals surface area contributed by atoms with E-state index < -0.39 is 23.1 Å². The van der Waals surface area contributed by atoms with Crippen molar-refractivity contribution in [2.45, 2.75) is 18.4 Å². The van der Waals surface area contributed by atoms with Crippen LogP contribution in [-0.4, -0.2) is 48.6 Å². The van der Waals surface area contributed by atoms with Gasteiger partial charge in [0.25, 0.3) is 11.8 Å². The number of amides is 2. The Bertz CT molecular complexity index is 920. The first-order chi connectivity index (χ1) is 13.5. The van der Waals surface area contributed by atoms with E-state index in [-0.39, 0.29) is 31.2 Å². The molecule has 2 aliphatic rings. The molecule has 2 aromatic carbocycles. The van der Waals surface area contributed by atoms with Crippen LogP contribution >= 0.6 is 0 Å². The number of anilines is 1. The highest BCUT2D eigenvalue weighted by Gasteiger charge is 2.44. The van der Waals surface area contributed by atoms with Crippen LogP contribution in [0.2, 0.25) is 0 Å². The maximum atomic E-state index is 14.0. The summed E-state index contributed by atoms with van der Waals surface area (Å²) in [4.78, 5) is 28.2. The SMILES string of the molecule is O=C(c1ccccc1F)N1CCCC2(C1)CN(c1cccc(F)c1)C(=O)CO2. The smallest absolute Gasteiger partial charge is 0.256 e. The van der Waals surface area contributed by atoms with Crippen molar-refractivity contribution in [2.75, 3.05) is 31.1 Å². The van der Waals surface area contributed by atoms with E-state index in [2.05, 4.69) is 0 Å². The van der Waals surface area contributed by atoms with Crippen molar-refractivity contribution in [3.05, 3.63) is 65.7 Å². The molecule has 0 radical (unpaired) electrons. The van der Waals surface area contributed by atoms with Gasteiger partial charge in [-0.2, -0.15) is 0 Å². The van der Waals surface area contributed by atoms with Gasteiger partial charge in [-0.05, 0) is 43.2 Å². The van der Waals surface area contributed by atoms with Crippen molar-refractivity contribution in [3.8, 4) is 0 Å². The van der Waals surface area contributed by atoms with E-state index in [1.807, 2.05) is 0 Å². The summed E-state index contributed by atoms with van der Waals surface area (Å²) in [6, 6.07) is 11.7. The fourth-order valence-corrected chi connectivity index (χ4v) is 3.92. The molecule has 4 rings (SSSR count). The molecule has 0 saturated carbocycles. The third-order valence-electron chi connectivity index (χ3n) is 5.30. The Hall–Kier alpha value is -2.80. The Morgan fingerprint density at radius 1 is 1.07 bits per heavy atom. The predicted octanol–water partition coefficient (Wildman–Crippen LogP) is 3.00. The summed E-state index contributed by atoms with van der Waals surface area (Å²) in [6.07, 6.45) is 1.33. The van der Waals surface area contributed by atoms with Crippen LogP contribution < -0.4 is 4.90 Å². The minimum Gasteiger partial charge on any atom is -0.361 e. The molecule has 146 valence electrons. The molecule has 28 heavy (non-hydrogen) atoms. The highest BCUT2D eigenvalue weighted by molar-refractivity contribution is 5.96. The number of hydrogen-bond acceptors (Lipinski definition) is 3. The maximum absolute atomic E-state index is 14.0. The summed E-state index contributed by atoms with van der Waals surface area (Å²) in [7, 11) is 0. The van der Waals surface area contributed by atoms with Crippen LogP contribution in [0.4, 0.5) is 14.5 Å². The Morgan fingerprint density at radius 2 is 1.89 bits per heavy atom. The average molecular weight is 386 g/mol. The summed E-state index contributed by atoms with van der Waals surface area (Å²) in [5.74, 6) is -1.64. The van der Waals surface area contributed by atoms with Gasteiger partial charge in [-0.3, -0.25) is 9.59 Å². The second kappa shape index (κ2) is 7.31. The van der Waals surface area contributed by atoms with Gasteiger partial charge in [-0.1, -0.05) is 18.2 Å². The van der Waals surface area contributed by atoms with Gasteiger partial charge in [-0.25, -0.2) is 8.78 Å². The molecule has 0 N–H and O–H groups in total. The fraction of sp³-hybridized carbons (Fsp3) is 0.333. The van der Waals surface area contributed by atoms with Gasteiger partial charge >= 0.3 is 0 Å². The molecule has 1 spiro atoms. The average Bonchev–Trinajstić information content (AvgIpc) is 2.70. The molecule has 5 nitrogen and oxygen atoms in total. The summed E-state index contributed by atoms with van der Waals surface area (Å²) in [5, 5.41) is 0. The minimum absolute atomic E-state index is 0.0217. The van der Waals surface area contributed by atoms with Crippen molar-refractivity contribution in [1.29, 1.82) is 0 Å². The second-order valence-corrected chi connectivity index (χ2v) is 7.24. The van der Waals surface area contributed by atoms with Crippen LogP contribution in [0.5, 0.6) is 0 Å². The van der Waals surface area contributed by atoms with Crippen LogP contribution in [0.15, 0.2) is 48.5 Å². The number of piperidine rings is 1. The van der Waals surface area contributed by atoms with E-state index in [1.165, 1.54) is 35.2 Å². The number of carbonyl (C=O) groups excluding carboxylic acids is 2. The van der Waals surface area contributed by atoms with Crippen LogP contribution in [0.25, 0.3) is 0 Å². The Kier molecular flexibility index (Phi) is 4.85. The van der Waals surface area contributed by atoms with Crippen LogP contribution in [0.3, 0.4) is 0 Å². The topological polar surface area (TPSA) is 49.9 Å². The molecule has 0 aliphatic carbocycles. The van der Waals surface area contributed by atoms with Gasteiger partial charge in [-0.15, -0.1) is 0 Å². The molecule has 2 aromatic rings. The molecule has 2 amide bonds. The first-order valence-electron chi connectivity index (χ1n) is 9.21. The first-order valence-corrected chi connectivity index (χ1v) is 9.21. The van der Waals surface area contributed by atoms with E-state index in [9.17, 15) is 18.4 Å². The lowest BCUT2D eigenvalue weighted by Crippen LogP contribution is -2.62. The number of morpholine rings is 1. The van der Waals surface area contributed by atoms with Gasteiger partial charge in [0.2, 0.25) is 0 Å². The highest BCUT2D eigenvalue weighted by atomic mass is 19.1. The number of carbonyl (C=O) groups is 2. The Labute approximate surface area is 161 Å². The summed E-state index contributed by atoms with van der Waals surface area (Å²) < 4.78 is 33.5. The van der Waals surface area contributed by atoms with E-state index in [0.717, 1.165) is 0 Å². The zero-order chi connectivity index (χ0) is 19.7. The van der Waals surface area contributed by atoms with E-state index in [4.69, 9.17) is 4.74 Å². The number of hydrogen-bond donors (Lipinski definition) is 0. The molecule has 2 aliphatic heterocycles. The zero-order valence-corrected chi connectivity index (χ0v) is 15.2. The first kappa shape index (κ1) is 18.6. The number of likely N-dealkylation sites (tertiary alicyclic amines) is 1. The normalized spacial score (nSPS) is 22.6. The van der Waals surface area contributed by atoms with Crippen LogP contribution in [0, 0.1) is 11.6 Å².